The van der Waals surface area contributed by atoms with E-state index in [1.165, 1.54) is 14.2 Å². The third kappa shape index (κ3) is 2.79. The summed E-state index contributed by atoms with van der Waals surface area (Å²) in [5.41, 5.74) is 6.63. The largest absolute Gasteiger partial charge is 0.493 e. The Morgan fingerprint density at radius 1 is 1.25 bits per heavy atom. The molecule has 0 spiro atoms. The van der Waals surface area contributed by atoms with Crippen LogP contribution in [0.5, 0.6) is 17.2 Å². The molecule has 0 aliphatic rings. The van der Waals surface area contributed by atoms with Crippen LogP contribution < -0.4 is 19.9 Å². The molecule has 1 unspecified atom stereocenters. The third-order valence-electron chi connectivity index (χ3n) is 2.18. The van der Waals surface area contributed by atoms with Gasteiger partial charge >= 0.3 is 0 Å². The van der Waals surface area contributed by atoms with Crippen LogP contribution in [-0.2, 0) is 6.42 Å². The van der Waals surface area contributed by atoms with E-state index in [-0.39, 0.29) is 11.8 Å². The molecule has 1 rings (SSSR count). The highest BCUT2D eigenvalue weighted by molar-refractivity contribution is 5.53. The summed E-state index contributed by atoms with van der Waals surface area (Å²) in [7, 11) is 0.316. The van der Waals surface area contributed by atoms with Gasteiger partial charge in [-0.25, -0.2) is 0 Å². The molecular weight excluding hydrogens is 206 g/mol. The second kappa shape index (κ2) is 5.61. The molecule has 4 heteroatoms. The summed E-state index contributed by atoms with van der Waals surface area (Å²) in [6, 6.07) is 3.38. The number of methoxy groups -OCH3 is 3. The Labute approximate surface area is 101 Å². The topological polar surface area (TPSA) is 53.7 Å². The van der Waals surface area contributed by atoms with E-state index in [9.17, 15) is 0 Å². The molecule has 1 aromatic rings. The Kier molecular flexibility index (Phi) is 3.05. The number of ether oxygens (including phenoxy) is 3. The minimum atomic E-state index is -2.57. The van der Waals surface area contributed by atoms with Crippen molar-refractivity contribution in [3.8, 4) is 17.2 Å². The zero-order valence-corrected chi connectivity index (χ0v) is 9.74. The van der Waals surface area contributed by atoms with E-state index in [4.69, 9.17) is 24.1 Å². The molecular formula is C12H19NO3. The average molecular weight is 228 g/mol. The summed E-state index contributed by atoms with van der Waals surface area (Å²) in [5, 5.41) is 0. The van der Waals surface area contributed by atoms with Crippen LogP contribution in [0.1, 0.15) is 16.6 Å². The fraction of sp³-hybridized carbons (Fsp3) is 0.500. The van der Waals surface area contributed by atoms with E-state index < -0.39 is 7.04 Å². The van der Waals surface area contributed by atoms with Crippen LogP contribution in [-0.4, -0.2) is 27.3 Å². The lowest BCUT2D eigenvalue weighted by molar-refractivity contribution is 0.323. The van der Waals surface area contributed by atoms with Crippen molar-refractivity contribution in [3.05, 3.63) is 17.7 Å². The molecule has 0 bridgehead atoms. The monoisotopic (exact) mass is 228 g/mol. The normalized spacial score (nSPS) is 15.6. The molecule has 0 fully saturated rings. The van der Waals surface area contributed by atoms with Gasteiger partial charge in [-0.1, -0.05) is 0 Å². The van der Waals surface area contributed by atoms with E-state index in [0.29, 0.717) is 17.9 Å². The summed E-state index contributed by atoms with van der Waals surface area (Å²) < 4.78 is 36.7. The lowest BCUT2D eigenvalue weighted by atomic mass is 10.1. The van der Waals surface area contributed by atoms with Crippen LogP contribution >= 0.6 is 0 Å². The quantitative estimate of drug-likeness (QED) is 0.831. The Morgan fingerprint density at radius 3 is 2.19 bits per heavy atom. The second-order valence-corrected chi connectivity index (χ2v) is 3.61. The predicted octanol–water partition coefficient (Wildman–Crippen LogP) is 1.60. The lowest BCUT2D eigenvalue weighted by Gasteiger charge is -2.14. The van der Waals surface area contributed by atoms with Crippen molar-refractivity contribution in [2.24, 2.45) is 5.73 Å². The van der Waals surface area contributed by atoms with Crippen molar-refractivity contribution < 1.29 is 18.3 Å². The molecule has 4 nitrogen and oxygen atoms in total. The molecule has 0 saturated carbocycles. The van der Waals surface area contributed by atoms with E-state index in [1.807, 2.05) is 6.92 Å². The van der Waals surface area contributed by atoms with Crippen LogP contribution in [0, 0.1) is 0 Å². The summed E-state index contributed by atoms with van der Waals surface area (Å²) in [6.07, 6.45) is 0.626. The van der Waals surface area contributed by atoms with Crippen LogP contribution in [0.25, 0.3) is 0 Å². The van der Waals surface area contributed by atoms with Crippen LogP contribution in [0.15, 0.2) is 12.1 Å². The predicted molar refractivity (Wildman–Crippen MR) is 63.5 cm³/mol. The number of benzene rings is 1. The summed E-state index contributed by atoms with van der Waals surface area (Å²) >= 11 is 0. The third-order valence-corrected chi connectivity index (χ3v) is 2.18. The smallest absolute Gasteiger partial charge is 0.203 e. The number of nitrogens with two attached hydrogens (primary N) is 1. The number of hydrogen-bond acceptors (Lipinski definition) is 4. The van der Waals surface area contributed by atoms with Crippen molar-refractivity contribution in [1.82, 2.24) is 0 Å². The minimum Gasteiger partial charge on any atom is -0.493 e. The lowest BCUT2D eigenvalue weighted by Crippen LogP contribution is -2.17. The first kappa shape index (κ1) is 8.70. The van der Waals surface area contributed by atoms with Gasteiger partial charge in [-0.05, 0) is 31.0 Å². The molecule has 1 atom stereocenters. The van der Waals surface area contributed by atoms with Gasteiger partial charge in [0.2, 0.25) is 5.75 Å². The molecule has 90 valence electrons. The van der Waals surface area contributed by atoms with Crippen LogP contribution in [0.4, 0.5) is 0 Å². The van der Waals surface area contributed by atoms with Gasteiger partial charge in [-0.15, -0.1) is 0 Å². The molecule has 16 heavy (non-hydrogen) atoms. The van der Waals surface area contributed by atoms with Crippen molar-refractivity contribution in [3.63, 3.8) is 0 Å². The highest BCUT2D eigenvalue weighted by Crippen LogP contribution is 2.38. The Morgan fingerprint density at radius 2 is 1.81 bits per heavy atom. The van der Waals surface area contributed by atoms with Gasteiger partial charge in [0.05, 0.1) is 25.4 Å². The molecule has 0 aliphatic carbocycles. The minimum absolute atomic E-state index is 0.0243. The van der Waals surface area contributed by atoms with Gasteiger partial charge in [0, 0.05) is 6.04 Å². The average Bonchev–Trinajstić information content (AvgIpc) is 2.28. The molecule has 0 aliphatic heterocycles. The molecule has 2 N–H and O–H groups in total. The van der Waals surface area contributed by atoms with Crippen LogP contribution in [0.3, 0.4) is 0 Å². The molecule has 1 aromatic carbocycles. The SMILES string of the molecule is [2H]C([2H])([2H])Oc1c(OC)cc(CC(C)N)cc1OC. The maximum absolute atomic E-state index is 7.16. The van der Waals surface area contributed by atoms with Crippen LogP contribution in [0.2, 0.25) is 0 Å². The van der Waals surface area contributed by atoms with Crippen molar-refractivity contribution in [2.75, 3.05) is 21.3 Å². The first-order valence-electron chi connectivity index (χ1n) is 6.46. The zero-order chi connectivity index (χ0) is 14.6. The molecule has 0 heterocycles. The molecule has 0 aromatic heterocycles. The van der Waals surface area contributed by atoms with Gasteiger partial charge in [0.25, 0.3) is 0 Å². The first-order chi connectivity index (χ1) is 8.76. The summed E-state index contributed by atoms with van der Waals surface area (Å²) in [4.78, 5) is 0. The Hall–Kier alpha value is -1.42. The number of rotatable bonds is 5. The van der Waals surface area contributed by atoms with E-state index in [1.54, 1.807) is 12.1 Å². The van der Waals surface area contributed by atoms with Gasteiger partial charge in [-0.2, -0.15) is 0 Å². The fourth-order valence-electron chi connectivity index (χ4n) is 1.52. The first-order valence-corrected chi connectivity index (χ1v) is 4.96. The molecule has 0 radical (unpaired) electrons. The van der Waals surface area contributed by atoms with E-state index in [2.05, 4.69) is 0 Å². The van der Waals surface area contributed by atoms with E-state index >= 15 is 0 Å². The number of hydrogen-bond donors (Lipinski definition) is 1. The fourth-order valence-corrected chi connectivity index (χ4v) is 1.52. The van der Waals surface area contributed by atoms with E-state index in [0.717, 1.165) is 5.56 Å². The standard InChI is InChI=1S/C12H19NO3/c1-8(13)5-9-6-10(14-2)12(16-4)11(7-9)15-3/h6-8H,5,13H2,1-4H3/i4D3. The van der Waals surface area contributed by atoms with Gasteiger partial charge in [0.1, 0.15) is 0 Å². The zero-order valence-electron chi connectivity index (χ0n) is 12.7. The highest BCUT2D eigenvalue weighted by atomic mass is 16.5. The molecule has 0 amide bonds. The van der Waals surface area contributed by atoms with Gasteiger partial charge < -0.3 is 19.9 Å². The maximum atomic E-state index is 7.16. The summed E-state index contributed by atoms with van der Waals surface area (Å²) in [5.74, 6) is 0.690. The Bertz CT molecular complexity index is 408. The van der Waals surface area contributed by atoms with Gasteiger partial charge in [0.15, 0.2) is 11.5 Å². The van der Waals surface area contributed by atoms with Crippen molar-refractivity contribution >= 4 is 0 Å². The molecule has 0 saturated heterocycles. The summed E-state index contributed by atoms with van der Waals surface area (Å²) in [6.45, 7) is 1.88. The maximum Gasteiger partial charge on any atom is 0.203 e. The second-order valence-electron chi connectivity index (χ2n) is 3.61. The van der Waals surface area contributed by atoms with Gasteiger partial charge in [-0.3, -0.25) is 0 Å². The van der Waals surface area contributed by atoms with Crippen molar-refractivity contribution in [1.29, 1.82) is 0 Å². The highest BCUT2D eigenvalue weighted by Gasteiger charge is 2.13. The Balaban J connectivity index is 3.21. The van der Waals surface area contributed by atoms with Crippen molar-refractivity contribution in [2.45, 2.75) is 19.4 Å².